The van der Waals surface area contributed by atoms with E-state index in [1.807, 2.05) is 0 Å². The Bertz CT molecular complexity index is 492. The molecule has 0 N–H and O–H groups in total. The molecule has 0 aromatic rings. The smallest absolute Gasteiger partial charge is 0.303 e. The lowest BCUT2D eigenvalue weighted by Crippen LogP contribution is -2.30. The van der Waals surface area contributed by atoms with Crippen LogP contribution in [0.5, 0.6) is 0 Å². The summed E-state index contributed by atoms with van der Waals surface area (Å²) < 4.78 is 5.74. The average Bonchev–Trinajstić information content (AvgIpc) is 2.45. The molecule has 0 amide bonds. The van der Waals surface area contributed by atoms with Gasteiger partial charge in [-0.05, 0) is 78.2 Å². The van der Waals surface area contributed by atoms with Gasteiger partial charge in [0.05, 0.1) is 0 Å². The Morgan fingerprint density at radius 3 is 2.58 bits per heavy atom. The third-order valence-electron chi connectivity index (χ3n) is 4.98. The first-order valence-corrected chi connectivity index (χ1v) is 9.43. The maximum Gasteiger partial charge on any atom is 0.303 e. The number of rotatable bonds is 5. The number of carbonyl (C=O) groups is 1. The Balaban J connectivity index is 2.96. The molecule has 136 valence electrons. The lowest BCUT2D eigenvalue weighted by Gasteiger charge is -2.31. The van der Waals surface area contributed by atoms with Crippen LogP contribution in [0.25, 0.3) is 0 Å². The standard InChI is InChI=1S/C22H36O2/c1-16(2)9-7-12-19(5)21-14-13-17(3)10-8-11-18(4)15-22(21)24-20(6)23/h9-10,15,19,21-22H,7-8,11-14H2,1-6H3. The predicted molar refractivity (Wildman–Crippen MR) is 103 cm³/mol. The van der Waals surface area contributed by atoms with E-state index in [1.165, 1.54) is 23.6 Å². The lowest BCUT2D eigenvalue weighted by molar-refractivity contribution is -0.147. The molecule has 1 rings (SSSR count). The number of allylic oxidation sites excluding steroid dienone is 5. The SMILES string of the molecule is CC(=O)OC1C=C(C)CCC=C(C)CCC1C(C)CCC=C(C)C. The quantitative estimate of drug-likeness (QED) is 0.431. The zero-order chi connectivity index (χ0) is 18.1. The van der Waals surface area contributed by atoms with E-state index in [1.54, 1.807) is 0 Å². The van der Waals surface area contributed by atoms with Crippen molar-refractivity contribution in [2.75, 3.05) is 0 Å². The van der Waals surface area contributed by atoms with Gasteiger partial charge < -0.3 is 4.74 Å². The molecule has 0 aromatic heterocycles. The second-order valence-electron chi connectivity index (χ2n) is 7.71. The largest absolute Gasteiger partial charge is 0.458 e. The molecule has 3 atom stereocenters. The number of hydrogen-bond donors (Lipinski definition) is 0. The van der Waals surface area contributed by atoms with Gasteiger partial charge in [0.2, 0.25) is 0 Å². The molecule has 0 spiro atoms. The van der Waals surface area contributed by atoms with Gasteiger partial charge in [-0.3, -0.25) is 4.79 Å². The van der Waals surface area contributed by atoms with Crippen LogP contribution in [0.3, 0.4) is 0 Å². The van der Waals surface area contributed by atoms with Gasteiger partial charge in [-0.1, -0.05) is 35.8 Å². The van der Waals surface area contributed by atoms with Gasteiger partial charge in [-0.15, -0.1) is 0 Å². The van der Waals surface area contributed by atoms with Crippen molar-refractivity contribution < 1.29 is 9.53 Å². The summed E-state index contributed by atoms with van der Waals surface area (Å²) in [5.74, 6) is 0.743. The van der Waals surface area contributed by atoms with Crippen molar-refractivity contribution >= 4 is 5.97 Å². The molecule has 2 nitrogen and oxygen atoms in total. The molecule has 0 aliphatic heterocycles. The normalized spacial score (nSPS) is 23.6. The van der Waals surface area contributed by atoms with E-state index in [0.717, 1.165) is 38.5 Å². The lowest BCUT2D eigenvalue weighted by atomic mass is 9.80. The third kappa shape index (κ3) is 7.99. The minimum absolute atomic E-state index is 0.0879. The fourth-order valence-electron chi connectivity index (χ4n) is 3.46. The molecule has 1 aliphatic carbocycles. The van der Waals surface area contributed by atoms with Crippen molar-refractivity contribution in [2.45, 2.75) is 86.2 Å². The first kappa shape index (κ1) is 20.7. The highest BCUT2D eigenvalue weighted by Gasteiger charge is 2.27. The van der Waals surface area contributed by atoms with Crippen LogP contribution in [-0.4, -0.2) is 12.1 Å². The van der Waals surface area contributed by atoms with E-state index in [0.29, 0.717) is 11.8 Å². The minimum atomic E-state index is -0.171. The molecular weight excluding hydrogens is 296 g/mol. The molecule has 0 radical (unpaired) electrons. The Kier molecular flexibility index (Phi) is 9.10. The highest BCUT2D eigenvalue weighted by atomic mass is 16.5. The minimum Gasteiger partial charge on any atom is -0.458 e. The Labute approximate surface area is 149 Å². The van der Waals surface area contributed by atoms with Crippen LogP contribution in [0.15, 0.2) is 34.9 Å². The van der Waals surface area contributed by atoms with Gasteiger partial charge in [0, 0.05) is 12.8 Å². The highest BCUT2D eigenvalue weighted by Crippen LogP contribution is 2.31. The summed E-state index contributed by atoms with van der Waals surface area (Å²) in [5.41, 5.74) is 4.17. The molecule has 0 fully saturated rings. The van der Waals surface area contributed by atoms with Crippen molar-refractivity contribution in [2.24, 2.45) is 11.8 Å². The van der Waals surface area contributed by atoms with E-state index in [-0.39, 0.29) is 12.1 Å². The molecular formula is C22H36O2. The van der Waals surface area contributed by atoms with Crippen LogP contribution in [0.4, 0.5) is 0 Å². The van der Waals surface area contributed by atoms with E-state index in [9.17, 15) is 4.79 Å². The molecule has 0 aromatic carbocycles. The summed E-state index contributed by atoms with van der Waals surface area (Å²) in [6, 6.07) is 0. The average molecular weight is 333 g/mol. The number of carbonyl (C=O) groups excluding carboxylic acids is 1. The molecule has 0 saturated heterocycles. The molecule has 0 saturated carbocycles. The predicted octanol–water partition coefficient (Wildman–Crippen LogP) is 6.38. The summed E-state index contributed by atoms with van der Waals surface area (Å²) in [5, 5.41) is 0. The van der Waals surface area contributed by atoms with Crippen LogP contribution in [0.2, 0.25) is 0 Å². The molecule has 24 heavy (non-hydrogen) atoms. The first-order valence-electron chi connectivity index (χ1n) is 9.43. The summed E-state index contributed by atoms with van der Waals surface area (Å²) >= 11 is 0. The van der Waals surface area contributed by atoms with Crippen molar-refractivity contribution in [1.29, 1.82) is 0 Å². The molecule has 0 bridgehead atoms. The highest BCUT2D eigenvalue weighted by molar-refractivity contribution is 5.66. The van der Waals surface area contributed by atoms with Crippen LogP contribution in [0, 0.1) is 11.8 Å². The van der Waals surface area contributed by atoms with Crippen molar-refractivity contribution in [1.82, 2.24) is 0 Å². The van der Waals surface area contributed by atoms with Crippen molar-refractivity contribution in [3.63, 3.8) is 0 Å². The van der Waals surface area contributed by atoms with Crippen LogP contribution >= 0.6 is 0 Å². The maximum absolute atomic E-state index is 11.6. The van der Waals surface area contributed by atoms with Crippen molar-refractivity contribution in [3.05, 3.63) is 34.9 Å². The van der Waals surface area contributed by atoms with E-state index < -0.39 is 0 Å². The van der Waals surface area contributed by atoms with Crippen LogP contribution in [-0.2, 0) is 9.53 Å². The van der Waals surface area contributed by atoms with Crippen molar-refractivity contribution in [3.8, 4) is 0 Å². The van der Waals surface area contributed by atoms with Gasteiger partial charge in [0.15, 0.2) is 0 Å². The maximum atomic E-state index is 11.6. The topological polar surface area (TPSA) is 26.3 Å². The third-order valence-corrected chi connectivity index (χ3v) is 4.98. The van der Waals surface area contributed by atoms with E-state index in [2.05, 4.69) is 52.8 Å². The number of hydrogen-bond acceptors (Lipinski definition) is 2. The van der Waals surface area contributed by atoms with E-state index >= 15 is 0 Å². The summed E-state index contributed by atoms with van der Waals surface area (Å²) in [4.78, 5) is 11.6. The van der Waals surface area contributed by atoms with Gasteiger partial charge in [-0.2, -0.15) is 0 Å². The van der Waals surface area contributed by atoms with Crippen LogP contribution in [0.1, 0.15) is 80.1 Å². The van der Waals surface area contributed by atoms with Gasteiger partial charge in [-0.25, -0.2) is 0 Å². The first-order chi connectivity index (χ1) is 11.3. The molecule has 3 unspecified atom stereocenters. The number of ether oxygens (including phenoxy) is 1. The van der Waals surface area contributed by atoms with E-state index in [4.69, 9.17) is 4.74 Å². The fourth-order valence-corrected chi connectivity index (χ4v) is 3.46. The Morgan fingerprint density at radius 1 is 1.25 bits per heavy atom. The Morgan fingerprint density at radius 2 is 1.96 bits per heavy atom. The zero-order valence-electron chi connectivity index (χ0n) is 16.5. The zero-order valence-corrected chi connectivity index (χ0v) is 16.5. The van der Waals surface area contributed by atoms with Gasteiger partial charge in [0.25, 0.3) is 0 Å². The monoisotopic (exact) mass is 332 g/mol. The summed E-state index contributed by atoms with van der Waals surface area (Å²) in [6.45, 7) is 12.5. The number of esters is 1. The van der Waals surface area contributed by atoms with Crippen LogP contribution < -0.4 is 0 Å². The summed E-state index contributed by atoms with van der Waals surface area (Å²) in [7, 11) is 0. The fraction of sp³-hybridized carbons (Fsp3) is 0.682. The van der Waals surface area contributed by atoms with Gasteiger partial charge >= 0.3 is 5.97 Å². The van der Waals surface area contributed by atoms with Gasteiger partial charge in [0.1, 0.15) is 6.10 Å². The summed E-state index contributed by atoms with van der Waals surface area (Å²) in [6.07, 6.45) is 13.4. The molecule has 2 heteroatoms. The molecule has 0 heterocycles. The second kappa shape index (κ2) is 10.5. The second-order valence-corrected chi connectivity index (χ2v) is 7.71. The molecule has 1 aliphatic rings. The Hall–Kier alpha value is -1.31.